The number of ether oxygens (including phenoxy) is 1. The molecule has 2 aromatic carbocycles. The van der Waals surface area contributed by atoms with Crippen molar-refractivity contribution in [2.75, 3.05) is 7.11 Å². The van der Waals surface area contributed by atoms with Gasteiger partial charge in [-0.2, -0.15) is 0 Å². The van der Waals surface area contributed by atoms with Crippen molar-refractivity contribution in [2.45, 2.75) is 6.54 Å². The summed E-state index contributed by atoms with van der Waals surface area (Å²) in [4.78, 5) is 11.7. The summed E-state index contributed by atoms with van der Waals surface area (Å²) in [6.45, 7) is 0.322. The number of phenols is 1. The largest absolute Gasteiger partial charge is 0.504 e. The van der Waals surface area contributed by atoms with Crippen LogP contribution in [0.25, 0.3) is 6.08 Å². The summed E-state index contributed by atoms with van der Waals surface area (Å²) in [6.07, 6.45) is 3.00. The Bertz CT molecular complexity index is 681. The maximum atomic E-state index is 12.8. The number of carbonyl (C=O) groups excluding carboxylic acids is 1. The maximum Gasteiger partial charge on any atom is 0.244 e. The smallest absolute Gasteiger partial charge is 0.244 e. The number of amides is 1. The number of hydrogen-bond acceptors (Lipinski definition) is 3. The van der Waals surface area contributed by atoms with Crippen LogP contribution in [0.15, 0.2) is 48.5 Å². The SMILES string of the molecule is COc1cc(/C=C/C(=O)NCc2ccc(F)cc2)ccc1O. The Morgan fingerprint density at radius 1 is 1.27 bits per heavy atom. The van der Waals surface area contributed by atoms with Crippen molar-refractivity contribution in [1.82, 2.24) is 5.32 Å². The van der Waals surface area contributed by atoms with Gasteiger partial charge in [0.05, 0.1) is 7.11 Å². The Kier molecular flexibility index (Phi) is 5.14. The minimum Gasteiger partial charge on any atom is -0.504 e. The van der Waals surface area contributed by atoms with Gasteiger partial charge in [-0.3, -0.25) is 4.79 Å². The Morgan fingerprint density at radius 3 is 2.68 bits per heavy atom. The molecule has 2 aromatic rings. The fourth-order valence-electron chi connectivity index (χ4n) is 1.82. The van der Waals surface area contributed by atoms with E-state index >= 15 is 0 Å². The van der Waals surface area contributed by atoms with Crippen LogP contribution in [0.1, 0.15) is 11.1 Å². The van der Waals surface area contributed by atoms with Gasteiger partial charge in [0.25, 0.3) is 0 Å². The Hall–Kier alpha value is -2.82. The normalized spacial score (nSPS) is 10.6. The molecule has 2 N–H and O–H groups in total. The molecule has 22 heavy (non-hydrogen) atoms. The summed E-state index contributed by atoms with van der Waals surface area (Å²) in [5.41, 5.74) is 1.54. The fraction of sp³-hybridized carbons (Fsp3) is 0.118. The molecule has 4 nitrogen and oxygen atoms in total. The van der Waals surface area contributed by atoms with Crippen LogP contribution in [-0.2, 0) is 11.3 Å². The van der Waals surface area contributed by atoms with Crippen LogP contribution in [0.5, 0.6) is 11.5 Å². The number of phenolic OH excluding ortho intramolecular Hbond substituents is 1. The highest BCUT2D eigenvalue weighted by Gasteiger charge is 2.01. The first-order valence-corrected chi connectivity index (χ1v) is 6.66. The lowest BCUT2D eigenvalue weighted by atomic mass is 10.2. The summed E-state index contributed by atoms with van der Waals surface area (Å²) in [6, 6.07) is 10.7. The number of carbonyl (C=O) groups is 1. The molecule has 5 heteroatoms. The van der Waals surface area contributed by atoms with Crippen LogP contribution in [0, 0.1) is 5.82 Å². The zero-order chi connectivity index (χ0) is 15.9. The highest BCUT2D eigenvalue weighted by Crippen LogP contribution is 2.26. The molecule has 0 bridgehead atoms. The molecular formula is C17H16FNO3. The van der Waals surface area contributed by atoms with Crippen LogP contribution in [-0.4, -0.2) is 18.1 Å². The van der Waals surface area contributed by atoms with Gasteiger partial charge in [0.1, 0.15) is 5.82 Å². The van der Waals surface area contributed by atoms with E-state index in [4.69, 9.17) is 4.74 Å². The number of nitrogens with one attached hydrogen (secondary N) is 1. The average molecular weight is 301 g/mol. The number of benzene rings is 2. The van der Waals surface area contributed by atoms with E-state index in [0.29, 0.717) is 12.3 Å². The molecule has 0 fully saturated rings. The van der Waals surface area contributed by atoms with Crippen molar-refractivity contribution in [3.05, 3.63) is 65.5 Å². The Balaban J connectivity index is 1.92. The molecule has 0 aromatic heterocycles. The lowest BCUT2D eigenvalue weighted by Gasteiger charge is -2.04. The average Bonchev–Trinajstić information content (AvgIpc) is 2.53. The van der Waals surface area contributed by atoms with Crippen molar-refractivity contribution in [2.24, 2.45) is 0 Å². The van der Waals surface area contributed by atoms with E-state index < -0.39 is 0 Å². The lowest BCUT2D eigenvalue weighted by Crippen LogP contribution is -2.20. The van der Waals surface area contributed by atoms with Gasteiger partial charge in [0.2, 0.25) is 5.91 Å². The van der Waals surface area contributed by atoms with E-state index in [9.17, 15) is 14.3 Å². The summed E-state index contributed by atoms with van der Waals surface area (Å²) in [5, 5.41) is 12.2. The lowest BCUT2D eigenvalue weighted by molar-refractivity contribution is -0.116. The highest BCUT2D eigenvalue weighted by atomic mass is 19.1. The number of halogens is 1. The first-order chi connectivity index (χ1) is 10.6. The van der Waals surface area contributed by atoms with Crippen molar-refractivity contribution >= 4 is 12.0 Å². The van der Waals surface area contributed by atoms with Gasteiger partial charge in [-0.05, 0) is 41.5 Å². The highest BCUT2D eigenvalue weighted by molar-refractivity contribution is 5.91. The van der Waals surface area contributed by atoms with Gasteiger partial charge >= 0.3 is 0 Å². The van der Waals surface area contributed by atoms with Crippen LogP contribution < -0.4 is 10.1 Å². The standard InChI is InChI=1S/C17H16FNO3/c1-22-16-10-12(4-8-15(16)20)5-9-17(21)19-11-13-2-6-14(18)7-3-13/h2-10,20H,11H2,1H3,(H,19,21)/b9-5+. The van der Waals surface area contributed by atoms with Crippen molar-refractivity contribution in [1.29, 1.82) is 0 Å². The molecule has 0 saturated carbocycles. The summed E-state index contributed by atoms with van der Waals surface area (Å²) >= 11 is 0. The minimum atomic E-state index is -0.309. The molecule has 0 heterocycles. The van der Waals surface area contributed by atoms with Crippen LogP contribution in [0.3, 0.4) is 0 Å². The third-order valence-electron chi connectivity index (χ3n) is 3.01. The molecule has 0 aliphatic rings. The van der Waals surface area contributed by atoms with E-state index in [0.717, 1.165) is 11.1 Å². The monoisotopic (exact) mass is 301 g/mol. The summed E-state index contributed by atoms with van der Waals surface area (Å²) < 4.78 is 17.8. The number of methoxy groups -OCH3 is 1. The zero-order valence-electron chi connectivity index (χ0n) is 12.0. The van der Waals surface area contributed by atoms with E-state index in [1.807, 2.05) is 0 Å². The molecule has 0 spiro atoms. The summed E-state index contributed by atoms with van der Waals surface area (Å²) in [5.74, 6) is -0.193. The number of rotatable bonds is 5. The van der Waals surface area contributed by atoms with Gasteiger partial charge in [-0.1, -0.05) is 18.2 Å². The second-order valence-electron chi connectivity index (χ2n) is 4.61. The van der Waals surface area contributed by atoms with Crippen molar-refractivity contribution < 1.29 is 19.0 Å². The summed E-state index contributed by atoms with van der Waals surface area (Å²) in [7, 11) is 1.46. The van der Waals surface area contributed by atoms with Crippen LogP contribution in [0.4, 0.5) is 4.39 Å². The molecule has 0 saturated heterocycles. The van der Waals surface area contributed by atoms with E-state index in [2.05, 4.69) is 5.32 Å². The van der Waals surface area contributed by atoms with Gasteiger partial charge < -0.3 is 15.2 Å². The first kappa shape index (κ1) is 15.6. The second kappa shape index (κ2) is 7.26. The fourth-order valence-corrected chi connectivity index (χ4v) is 1.82. The molecule has 0 radical (unpaired) electrons. The van der Waals surface area contributed by atoms with E-state index in [1.54, 1.807) is 30.3 Å². The van der Waals surface area contributed by atoms with Crippen LogP contribution >= 0.6 is 0 Å². The molecule has 2 rings (SSSR count). The van der Waals surface area contributed by atoms with E-state index in [1.165, 1.54) is 31.4 Å². The molecule has 114 valence electrons. The topological polar surface area (TPSA) is 58.6 Å². The van der Waals surface area contributed by atoms with Crippen molar-refractivity contribution in [3.8, 4) is 11.5 Å². The predicted molar refractivity (Wildman–Crippen MR) is 81.9 cm³/mol. The predicted octanol–water partition coefficient (Wildman–Crippen LogP) is 2.87. The maximum absolute atomic E-state index is 12.8. The molecule has 1 amide bonds. The number of hydrogen-bond donors (Lipinski definition) is 2. The van der Waals surface area contributed by atoms with E-state index in [-0.39, 0.29) is 17.5 Å². The first-order valence-electron chi connectivity index (χ1n) is 6.66. The minimum absolute atomic E-state index is 0.0420. The van der Waals surface area contributed by atoms with Crippen LogP contribution in [0.2, 0.25) is 0 Å². The zero-order valence-corrected chi connectivity index (χ0v) is 12.0. The molecule has 0 atom stereocenters. The molecular weight excluding hydrogens is 285 g/mol. The van der Waals surface area contributed by atoms with Gasteiger partial charge in [0.15, 0.2) is 11.5 Å². The van der Waals surface area contributed by atoms with Crippen molar-refractivity contribution in [3.63, 3.8) is 0 Å². The Labute approximate surface area is 127 Å². The van der Waals surface area contributed by atoms with Gasteiger partial charge in [0, 0.05) is 12.6 Å². The Morgan fingerprint density at radius 2 is 2.00 bits per heavy atom. The molecule has 0 aliphatic carbocycles. The molecule has 0 aliphatic heterocycles. The van der Waals surface area contributed by atoms with Gasteiger partial charge in [-0.15, -0.1) is 0 Å². The van der Waals surface area contributed by atoms with Gasteiger partial charge in [-0.25, -0.2) is 4.39 Å². The molecule has 0 unspecified atom stereocenters. The quantitative estimate of drug-likeness (QED) is 0.835. The number of aromatic hydroxyl groups is 1. The second-order valence-corrected chi connectivity index (χ2v) is 4.61. The third kappa shape index (κ3) is 4.34. The third-order valence-corrected chi connectivity index (χ3v) is 3.01.